The van der Waals surface area contributed by atoms with Gasteiger partial charge in [0.2, 0.25) is 0 Å². The van der Waals surface area contributed by atoms with Gasteiger partial charge in [-0.2, -0.15) is 0 Å². The van der Waals surface area contributed by atoms with Gasteiger partial charge in [0.05, 0.1) is 11.2 Å². The van der Waals surface area contributed by atoms with Crippen molar-refractivity contribution >= 4 is 21.8 Å². The number of aryl methyl sites for hydroxylation is 3. The summed E-state index contributed by atoms with van der Waals surface area (Å²) in [6.07, 6.45) is 4.08. The number of nitrogens with zero attached hydrogens (tertiary/aromatic N) is 2. The van der Waals surface area contributed by atoms with Gasteiger partial charge in [-0.1, -0.05) is 11.6 Å². The van der Waals surface area contributed by atoms with E-state index in [0.717, 1.165) is 31.6 Å². The number of aromatic nitrogens is 2. The number of benzene rings is 1. The van der Waals surface area contributed by atoms with Crippen molar-refractivity contribution in [1.82, 2.24) is 9.55 Å². The van der Waals surface area contributed by atoms with Crippen LogP contribution in [0, 0.1) is 13.8 Å². The van der Waals surface area contributed by atoms with Crippen molar-refractivity contribution in [2.24, 2.45) is 5.73 Å². The van der Waals surface area contributed by atoms with Crippen LogP contribution in [0.2, 0.25) is 0 Å². The van der Waals surface area contributed by atoms with Gasteiger partial charge < -0.3 is 10.3 Å². The second-order valence-corrected chi connectivity index (χ2v) is 5.46. The molecule has 0 unspecified atom stereocenters. The van der Waals surface area contributed by atoms with Gasteiger partial charge in [-0.3, -0.25) is 4.98 Å². The predicted molar refractivity (Wildman–Crippen MR) is 85.0 cm³/mol. The molecule has 0 radical (unpaired) electrons. The van der Waals surface area contributed by atoms with Crippen LogP contribution in [0.4, 0.5) is 0 Å². The Balaban J connectivity index is 2.27. The highest BCUT2D eigenvalue weighted by Crippen LogP contribution is 2.31. The van der Waals surface area contributed by atoms with Crippen LogP contribution in [-0.4, -0.2) is 16.1 Å². The van der Waals surface area contributed by atoms with E-state index in [1.807, 2.05) is 6.20 Å². The first-order valence-electron chi connectivity index (χ1n) is 7.26. The van der Waals surface area contributed by atoms with Crippen LogP contribution in [-0.2, 0) is 6.54 Å². The van der Waals surface area contributed by atoms with E-state index >= 15 is 0 Å². The summed E-state index contributed by atoms with van der Waals surface area (Å²) in [5.74, 6) is 0. The van der Waals surface area contributed by atoms with E-state index in [1.165, 1.54) is 27.4 Å². The summed E-state index contributed by atoms with van der Waals surface area (Å²) in [7, 11) is 0. The quantitative estimate of drug-likeness (QED) is 0.735. The normalized spacial score (nSPS) is 11.6. The molecule has 0 aliphatic heterocycles. The van der Waals surface area contributed by atoms with E-state index in [-0.39, 0.29) is 0 Å². The summed E-state index contributed by atoms with van der Waals surface area (Å²) in [6.45, 7) is 6.00. The summed E-state index contributed by atoms with van der Waals surface area (Å²) in [5, 5.41) is 2.64. The first-order chi connectivity index (χ1) is 9.72. The summed E-state index contributed by atoms with van der Waals surface area (Å²) < 4.78 is 2.40. The molecule has 2 heterocycles. The number of hydrogen-bond acceptors (Lipinski definition) is 2. The van der Waals surface area contributed by atoms with Crippen LogP contribution in [0.25, 0.3) is 21.8 Å². The fourth-order valence-electron chi connectivity index (χ4n) is 2.98. The SMILES string of the molecule is Cc1ccc2c(c1)c1ccnc(C)c1n2CCCCN. The maximum Gasteiger partial charge on any atom is 0.0707 e. The van der Waals surface area contributed by atoms with Gasteiger partial charge in [0.25, 0.3) is 0 Å². The number of hydrogen-bond donors (Lipinski definition) is 1. The summed E-state index contributed by atoms with van der Waals surface area (Å²) in [4.78, 5) is 4.47. The summed E-state index contributed by atoms with van der Waals surface area (Å²) >= 11 is 0. The largest absolute Gasteiger partial charge is 0.339 e. The van der Waals surface area contributed by atoms with Crippen molar-refractivity contribution in [2.75, 3.05) is 6.54 Å². The zero-order valence-electron chi connectivity index (χ0n) is 12.2. The number of unbranched alkanes of at least 4 members (excludes halogenated alkanes) is 1. The molecule has 0 spiro atoms. The zero-order chi connectivity index (χ0) is 14.1. The molecule has 2 N–H and O–H groups in total. The molecule has 0 atom stereocenters. The van der Waals surface area contributed by atoms with Crippen LogP contribution in [0.3, 0.4) is 0 Å². The summed E-state index contributed by atoms with van der Waals surface area (Å²) in [6, 6.07) is 8.82. The molecule has 3 rings (SSSR count). The summed E-state index contributed by atoms with van der Waals surface area (Å²) in [5.41, 5.74) is 10.6. The van der Waals surface area contributed by atoms with Crippen molar-refractivity contribution in [3.63, 3.8) is 0 Å². The molecular weight excluding hydrogens is 246 g/mol. The Hall–Kier alpha value is -1.87. The molecule has 0 aliphatic rings. The lowest BCUT2D eigenvalue weighted by Gasteiger charge is -2.08. The minimum Gasteiger partial charge on any atom is -0.339 e. The Morgan fingerprint density at radius 2 is 1.95 bits per heavy atom. The molecule has 0 aliphatic carbocycles. The van der Waals surface area contributed by atoms with Crippen molar-refractivity contribution < 1.29 is 0 Å². The molecule has 20 heavy (non-hydrogen) atoms. The van der Waals surface area contributed by atoms with Gasteiger partial charge >= 0.3 is 0 Å². The van der Waals surface area contributed by atoms with Crippen molar-refractivity contribution in [3.8, 4) is 0 Å². The Kier molecular flexibility index (Phi) is 3.45. The topological polar surface area (TPSA) is 43.8 Å². The maximum atomic E-state index is 5.62. The maximum absolute atomic E-state index is 5.62. The van der Waals surface area contributed by atoms with Crippen LogP contribution in [0.5, 0.6) is 0 Å². The highest BCUT2D eigenvalue weighted by molar-refractivity contribution is 6.08. The van der Waals surface area contributed by atoms with Crippen LogP contribution < -0.4 is 5.73 Å². The lowest BCUT2D eigenvalue weighted by molar-refractivity contribution is 0.641. The molecule has 0 saturated carbocycles. The van der Waals surface area contributed by atoms with Crippen molar-refractivity contribution in [1.29, 1.82) is 0 Å². The lowest BCUT2D eigenvalue weighted by Crippen LogP contribution is -2.04. The first kappa shape index (κ1) is 13.1. The van der Waals surface area contributed by atoms with E-state index in [2.05, 4.69) is 47.7 Å². The molecule has 3 heteroatoms. The van der Waals surface area contributed by atoms with Gasteiger partial charge in [0.1, 0.15) is 0 Å². The van der Waals surface area contributed by atoms with Gasteiger partial charge in [0, 0.05) is 29.0 Å². The highest BCUT2D eigenvalue weighted by Gasteiger charge is 2.12. The molecular formula is C17H21N3. The van der Waals surface area contributed by atoms with E-state index in [4.69, 9.17) is 5.73 Å². The van der Waals surface area contributed by atoms with Crippen LogP contribution in [0.15, 0.2) is 30.5 Å². The highest BCUT2D eigenvalue weighted by atomic mass is 15.0. The number of pyridine rings is 1. The van der Waals surface area contributed by atoms with Gasteiger partial charge in [-0.05, 0) is 51.4 Å². The average molecular weight is 267 g/mol. The fourth-order valence-corrected chi connectivity index (χ4v) is 2.98. The Morgan fingerprint density at radius 1 is 1.10 bits per heavy atom. The predicted octanol–water partition coefficient (Wildman–Crippen LogP) is 3.55. The number of nitrogens with two attached hydrogens (primary N) is 1. The van der Waals surface area contributed by atoms with Crippen LogP contribution >= 0.6 is 0 Å². The van der Waals surface area contributed by atoms with Crippen molar-refractivity contribution in [3.05, 3.63) is 41.7 Å². The smallest absolute Gasteiger partial charge is 0.0707 e. The monoisotopic (exact) mass is 267 g/mol. The third-order valence-electron chi connectivity index (χ3n) is 3.95. The van der Waals surface area contributed by atoms with Crippen molar-refractivity contribution in [2.45, 2.75) is 33.2 Å². The molecule has 3 aromatic rings. The molecule has 2 aromatic heterocycles. The Morgan fingerprint density at radius 3 is 2.75 bits per heavy atom. The number of rotatable bonds is 4. The second kappa shape index (κ2) is 5.25. The zero-order valence-corrected chi connectivity index (χ0v) is 12.2. The molecule has 104 valence electrons. The second-order valence-electron chi connectivity index (χ2n) is 5.46. The third-order valence-corrected chi connectivity index (χ3v) is 3.95. The number of fused-ring (bicyclic) bond motifs is 3. The van der Waals surface area contributed by atoms with Gasteiger partial charge in [0.15, 0.2) is 0 Å². The van der Waals surface area contributed by atoms with Crippen LogP contribution in [0.1, 0.15) is 24.1 Å². The minimum absolute atomic E-state index is 0.757. The fraction of sp³-hybridized carbons (Fsp3) is 0.353. The van der Waals surface area contributed by atoms with Gasteiger partial charge in [-0.25, -0.2) is 0 Å². The Labute approximate surface area is 119 Å². The third kappa shape index (κ3) is 2.08. The standard InChI is InChI=1S/C17H21N3/c1-12-5-6-16-15(11-12)14-7-9-19-13(2)17(14)20(16)10-4-3-8-18/h5-7,9,11H,3-4,8,10,18H2,1-2H3. The van der Waals surface area contributed by atoms with Gasteiger partial charge in [-0.15, -0.1) is 0 Å². The first-order valence-corrected chi connectivity index (χ1v) is 7.26. The molecule has 0 fully saturated rings. The molecule has 0 amide bonds. The molecule has 1 aromatic carbocycles. The van der Waals surface area contributed by atoms with E-state index in [9.17, 15) is 0 Å². The minimum atomic E-state index is 0.757. The average Bonchev–Trinajstić information content (AvgIpc) is 2.74. The molecule has 0 bridgehead atoms. The van der Waals surface area contributed by atoms with E-state index in [0.29, 0.717) is 0 Å². The Bertz CT molecular complexity index is 756. The lowest BCUT2D eigenvalue weighted by atomic mass is 10.1. The molecule has 3 nitrogen and oxygen atoms in total. The van der Waals surface area contributed by atoms with E-state index < -0.39 is 0 Å². The molecule has 0 saturated heterocycles. The van der Waals surface area contributed by atoms with E-state index in [1.54, 1.807) is 0 Å².